The van der Waals surface area contributed by atoms with Gasteiger partial charge in [-0.2, -0.15) is 0 Å². The number of benzene rings is 1. The maximum absolute atomic E-state index is 12.5. The Kier molecular flexibility index (Phi) is 3.83. The van der Waals surface area contributed by atoms with Gasteiger partial charge in [-0.1, -0.05) is 24.3 Å². The lowest BCUT2D eigenvalue weighted by molar-refractivity contribution is 0.0763. The maximum Gasteiger partial charge on any atom is 0.254 e. The number of pyridine rings is 1. The molecule has 2 heterocycles. The van der Waals surface area contributed by atoms with Gasteiger partial charge in [0.25, 0.3) is 5.91 Å². The van der Waals surface area contributed by atoms with Crippen LogP contribution in [0.4, 0.5) is 0 Å². The van der Waals surface area contributed by atoms with E-state index < -0.39 is 0 Å². The largest absolute Gasteiger partial charge is 0.338 e. The van der Waals surface area contributed by atoms with Crippen molar-refractivity contribution in [2.24, 2.45) is 0 Å². The number of rotatable bonds is 1. The molecule has 0 atom stereocenters. The zero-order valence-corrected chi connectivity index (χ0v) is 12.6. The molecular formula is C16H15BrN2O. The predicted molar refractivity (Wildman–Crippen MR) is 81.7 cm³/mol. The fraction of sp³-hybridized carbons (Fsp3) is 0.250. The Balaban J connectivity index is 1.78. The normalized spacial score (nSPS) is 14.6. The van der Waals surface area contributed by atoms with E-state index in [1.165, 1.54) is 11.1 Å². The number of aromatic nitrogens is 1. The topological polar surface area (TPSA) is 33.2 Å². The summed E-state index contributed by atoms with van der Waals surface area (Å²) in [6, 6.07) is 12.0. The molecule has 1 amide bonds. The third-order valence-electron chi connectivity index (χ3n) is 3.68. The van der Waals surface area contributed by atoms with E-state index in [2.05, 4.69) is 45.2 Å². The molecule has 0 saturated heterocycles. The predicted octanol–water partition coefficient (Wildman–Crippen LogP) is 3.09. The number of fused-ring (bicyclic) bond motifs is 1. The Morgan fingerprint density at radius 2 is 1.75 bits per heavy atom. The number of carbonyl (C=O) groups is 1. The summed E-state index contributed by atoms with van der Waals surface area (Å²) >= 11 is 3.31. The Hall–Kier alpha value is -1.68. The molecular weight excluding hydrogens is 316 g/mol. The van der Waals surface area contributed by atoms with E-state index in [4.69, 9.17) is 0 Å². The molecule has 0 aliphatic carbocycles. The summed E-state index contributed by atoms with van der Waals surface area (Å²) in [6.07, 6.45) is 3.51. The highest BCUT2D eigenvalue weighted by atomic mass is 79.9. The van der Waals surface area contributed by atoms with E-state index in [1.54, 1.807) is 18.3 Å². The van der Waals surface area contributed by atoms with Gasteiger partial charge in [0.2, 0.25) is 0 Å². The van der Waals surface area contributed by atoms with Crippen molar-refractivity contribution in [3.05, 3.63) is 63.9 Å². The van der Waals surface area contributed by atoms with Gasteiger partial charge in [0, 0.05) is 24.8 Å². The van der Waals surface area contributed by atoms with E-state index in [-0.39, 0.29) is 5.91 Å². The van der Waals surface area contributed by atoms with Crippen LogP contribution in [0, 0.1) is 0 Å². The quantitative estimate of drug-likeness (QED) is 0.753. The summed E-state index contributed by atoms with van der Waals surface area (Å²) in [4.78, 5) is 18.5. The van der Waals surface area contributed by atoms with Gasteiger partial charge >= 0.3 is 0 Å². The van der Waals surface area contributed by atoms with Gasteiger partial charge in [0.1, 0.15) is 4.60 Å². The van der Waals surface area contributed by atoms with Gasteiger partial charge in [0.15, 0.2) is 0 Å². The van der Waals surface area contributed by atoms with Crippen LogP contribution in [0.25, 0.3) is 0 Å². The van der Waals surface area contributed by atoms with Crippen LogP contribution in [0.15, 0.2) is 47.2 Å². The average Bonchev–Trinajstić information content (AvgIpc) is 2.69. The minimum atomic E-state index is 0.0842. The molecule has 0 fully saturated rings. The SMILES string of the molecule is O=C(c1ccnc(Br)c1)N1CCc2ccccc2CC1. The molecule has 1 aromatic carbocycles. The van der Waals surface area contributed by atoms with Crippen molar-refractivity contribution in [3.63, 3.8) is 0 Å². The van der Waals surface area contributed by atoms with Crippen LogP contribution >= 0.6 is 15.9 Å². The number of hydrogen-bond acceptors (Lipinski definition) is 2. The standard InChI is InChI=1S/C16H15BrN2O/c17-15-11-14(5-8-18-15)16(20)19-9-6-12-3-1-2-4-13(12)7-10-19/h1-5,8,11H,6-7,9-10H2. The first-order valence-electron chi connectivity index (χ1n) is 6.71. The third-order valence-corrected chi connectivity index (χ3v) is 4.11. The summed E-state index contributed by atoms with van der Waals surface area (Å²) in [5.74, 6) is 0.0842. The lowest BCUT2D eigenvalue weighted by Gasteiger charge is -2.20. The number of hydrogen-bond donors (Lipinski definition) is 0. The highest BCUT2D eigenvalue weighted by molar-refractivity contribution is 9.10. The fourth-order valence-corrected chi connectivity index (χ4v) is 2.95. The third kappa shape index (κ3) is 2.75. The van der Waals surface area contributed by atoms with Crippen molar-refractivity contribution in [1.82, 2.24) is 9.88 Å². The Bertz CT molecular complexity index is 615. The molecule has 1 aliphatic heterocycles. The van der Waals surface area contributed by atoms with Crippen molar-refractivity contribution in [2.75, 3.05) is 13.1 Å². The molecule has 1 aliphatic rings. The second kappa shape index (κ2) is 5.75. The summed E-state index contributed by atoms with van der Waals surface area (Å²) in [5, 5.41) is 0. The van der Waals surface area contributed by atoms with Crippen LogP contribution in [0.1, 0.15) is 21.5 Å². The first-order valence-corrected chi connectivity index (χ1v) is 7.51. The van der Waals surface area contributed by atoms with Crippen LogP contribution in [-0.4, -0.2) is 28.9 Å². The van der Waals surface area contributed by atoms with Gasteiger partial charge in [-0.05, 0) is 52.0 Å². The fourth-order valence-electron chi connectivity index (χ4n) is 2.59. The second-order valence-corrected chi connectivity index (χ2v) is 5.74. The van der Waals surface area contributed by atoms with E-state index >= 15 is 0 Å². The summed E-state index contributed by atoms with van der Waals surface area (Å²) < 4.78 is 0.696. The van der Waals surface area contributed by atoms with Crippen molar-refractivity contribution < 1.29 is 4.79 Å². The number of amides is 1. The molecule has 0 saturated carbocycles. The highest BCUT2D eigenvalue weighted by Gasteiger charge is 2.19. The smallest absolute Gasteiger partial charge is 0.254 e. The average molecular weight is 331 g/mol. The van der Waals surface area contributed by atoms with Gasteiger partial charge < -0.3 is 4.90 Å². The number of carbonyl (C=O) groups excluding carboxylic acids is 1. The Morgan fingerprint density at radius 1 is 1.10 bits per heavy atom. The lowest BCUT2D eigenvalue weighted by atomic mass is 10.0. The number of nitrogens with zero attached hydrogens (tertiary/aromatic N) is 2. The molecule has 3 nitrogen and oxygen atoms in total. The van der Waals surface area contributed by atoms with Gasteiger partial charge in [-0.3, -0.25) is 4.79 Å². The van der Waals surface area contributed by atoms with Gasteiger partial charge in [0.05, 0.1) is 0 Å². The first kappa shape index (κ1) is 13.3. The van der Waals surface area contributed by atoms with E-state index in [9.17, 15) is 4.79 Å². The zero-order valence-electron chi connectivity index (χ0n) is 11.1. The molecule has 0 radical (unpaired) electrons. The zero-order chi connectivity index (χ0) is 13.9. The highest BCUT2D eigenvalue weighted by Crippen LogP contribution is 2.18. The van der Waals surface area contributed by atoms with Gasteiger partial charge in [-0.25, -0.2) is 4.98 Å². The monoisotopic (exact) mass is 330 g/mol. The maximum atomic E-state index is 12.5. The van der Waals surface area contributed by atoms with Crippen molar-refractivity contribution in [1.29, 1.82) is 0 Å². The second-order valence-electron chi connectivity index (χ2n) is 4.93. The molecule has 0 bridgehead atoms. The molecule has 0 unspecified atom stereocenters. The summed E-state index contributed by atoms with van der Waals surface area (Å²) in [6.45, 7) is 1.55. The Labute approximate surface area is 126 Å². The summed E-state index contributed by atoms with van der Waals surface area (Å²) in [5.41, 5.74) is 3.41. The van der Waals surface area contributed by atoms with E-state index in [1.807, 2.05) is 4.90 Å². The Morgan fingerprint density at radius 3 is 2.35 bits per heavy atom. The van der Waals surface area contributed by atoms with E-state index in [0.717, 1.165) is 25.9 Å². The molecule has 102 valence electrons. The minimum absolute atomic E-state index is 0.0842. The van der Waals surface area contributed by atoms with Crippen LogP contribution in [-0.2, 0) is 12.8 Å². The molecule has 1 aromatic heterocycles. The van der Waals surface area contributed by atoms with Crippen molar-refractivity contribution >= 4 is 21.8 Å². The lowest BCUT2D eigenvalue weighted by Crippen LogP contribution is -2.33. The molecule has 4 heteroatoms. The van der Waals surface area contributed by atoms with Crippen LogP contribution in [0.3, 0.4) is 0 Å². The van der Waals surface area contributed by atoms with Crippen molar-refractivity contribution in [2.45, 2.75) is 12.8 Å². The molecule has 3 rings (SSSR count). The van der Waals surface area contributed by atoms with Crippen LogP contribution in [0.2, 0.25) is 0 Å². The summed E-state index contributed by atoms with van der Waals surface area (Å²) in [7, 11) is 0. The molecule has 0 spiro atoms. The van der Waals surface area contributed by atoms with Crippen LogP contribution in [0.5, 0.6) is 0 Å². The number of halogens is 1. The molecule has 20 heavy (non-hydrogen) atoms. The van der Waals surface area contributed by atoms with Gasteiger partial charge in [-0.15, -0.1) is 0 Å². The molecule has 2 aromatic rings. The molecule has 0 N–H and O–H groups in total. The van der Waals surface area contributed by atoms with E-state index in [0.29, 0.717) is 10.2 Å². The minimum Gasteiger partial charge on any atom is -0.338 e. The first-order chi connectivity index (χ1) is 9.74. The van der Waals surface area contributed by atoms with Crippen molar-refractivity contribution in [3.8, 4) is 0 Å². The van der Waals surface area contributed by atoms with Crippen LogP contribution < -0.4 is 0 Å².